The topological polar surface area (TPSA) is 17.1 Å². The molecule has 0 aromatic rings. The Bertz CT molecular complexity index is 150. The normalized spacial score (nSPS) is 8.75. The lowest BCUT2D eigenvalue weighted by atomic mass is 10.1. The van der Waals surface area contributed by atoms with Crippen LogP contribution in [0.1, 0.15) is 51.9 Å². The van der Waals surface area contributed by atoms with E-state index in [2.05, 4.69) is 11.8 Å². The van der Waals surface area contributed by atoms with E-state index in [9.17, 15) is 4.79 Å². The largest absolute Gasteiger partial charge is 0.303 e. The van der Waals surface area contributed by atoms with Gasteiger partial charge >= 0.3 is 0 Å². The van der Waals surface area contributed by atoms with Gasteiger partial charge in [-0.3, -0.25) is 0 Å². The molecule has 1 nitrogen and oxygen atoms in total. The van der Waals surface area contributed by atoms with Gasteiger partial charge in [-0.15, -0.1) is 11.8 Å². The molecule has 0 fully saturated rings. The van der Waals surface area contributed by atoms with Gasteiger partial charge in [-0.05, 0) is 19.8 Å². The average molecular weight is 166 g/mol. The van der Waals surface area contributed by atoms with Crippen LogP contribution in [0.5, 0.6) is 0 Å². The van der Waals surface area contributed by atoms with Crippen LogP contribution in [0.3, 0.4) is 0 Å². The first-order valence-corrected chi connectivity index (χ1v) is 4.75. The predicted octanol–water partition coefficient (Wildman–Crippen LogP) is 2.94. The maximum absolute atomic E-state index is 9.96. The van der Waals surface area contributed by atoms with E-state index in [4.69, 9.17) is 0 Å². The van der Waals surface area contributed by atoms with E-state index >= 15 is 0 Å². The Labute approximate surface area is 75.5 Å². The summed E-state index contributed by atoms with van der Waals surface area (Å²) in [6.45, 7) is 1.88. The smallest absolute Gasteiger partial charge is 0.119 e. The Kier molecular flexibility index (Phi) is 9.57. The first-order chi connectivity index (χ1) is 5.91. The zero-order chi connectivity index (χ0) is 9.07. The summed E-state index contributed by atoms with van der Waals surface area (Å²) in [5.41, 5.74) is 0. The van der Waals surface area contributed by atoms with Crippen LogP contribution in [0.2, 0.25) is 0 Å². The van der Waals surface area contributed by atoms with E-state index in [0.29, 0.717) is 0 Å². The molecule has 0 N–H and O–H groups in total. The van der Waals surface area contributed by atoms with Crippen molar-refractivity contribution >= 4 is 6.29 Å². The molecule has 0 aromatic heterocycles. The van der Waals surface area contributed by atoms with Crippen LogP contribution in [0.4, 0.5) is 0 Å². The van der Waals surface area contributed by atoms with Crippen molar-refractivity contribution in [3.05, 3.63) is 0 Å². The molecule has 12 heavy (non-hydrogen) atoms. The maximum atomic E-state index is 9.96. The number of carbonyl (C=O) groups excluding carboxylic acids is 1. The van der Waals surface area contributed by atoms with Gasteiger partial charge in [-0.2, -0.15) is 0 Å². The molecule has 0 unspecified atom stereocenters. The Hall–Kier alpha value is -0.770. The molecule has 0 aromatic carbocycles. The van der Waals surface area contributed by atoms with E-state index in [1.165, 1.54) is 25.7 Å². The van der Waals surface area contributed by atoms with Gasteiger partial charge in [0.05, 0.1) is 0 Å². The van der Waals surface area contributed by atoms with Crippen LogP contribution in [-0.2, 0) is 4.79 Å². The zero-order valence-corrected chi connectivity index (χ0v) is 7.94. The van der Waals surface area contributed by atoms with Gasteiger partial charge in [0.2, 0.25) is 0 Å². The number of carbonyl (C=O) groups is 1. The van der Waals surface area contributed by atoms with Crippen LogP contribution in [0.25, 0.3) is 0 Å². The SMILES string of the molecule is CC#CCCCCCCCC=O. The fraction of sp³-hybridized carbons (Fsp3) is 0.727. The number of hydrogen-bond donors (Lipinski definition) is 0. The molecule has 1 heteroatoms. The molecule has 0 bridgehead atoms. The zero-order valence-electron chi connectivity index (χ0n) is 7.94. The maximum Gasteiger partial charge on any atom is 0.119 e. The van der Waals surface area contributed by atoms with Gasteiger partial charge < -0.3 is 4.79 Å². The number of hydrogen-bond acceptors (Lipinski definition) is 1. The Morgan fingerprint density at radius 1 is 1.08 bits per heavy atom. The molecule has 0 spiro atoms. The minimum Gasteiger partial charge on any atom is -0.303 e. The van der Waals surface area contributed by atoms with E-state index in [1.807, 2.05) is 6.92 Å². The van der Waals surface area contributed by atoms with Crippen molar-refractivity contribution in [2.45, 2.75) is 51.9 Å². The third-order valence-corrected chi connectivity index (χ3v) is 1.80. The van der Waals surface area contributed by atoms with Gasteiger partial charge in [-0.25, -0.2) is 0 Å². The standard InChI is InChI=1S/C11H18O/c1-2-3-4-5-6-7-8-9-10-11-12/h11H,4-10H2,1H3. The molecule has 0 rings (SSSR count). The Balaban J connectivity index is 2.89. The molecule has 68 valence electrons. The lowest BCUT2D eigenvalue weighted by Gasteiger charge is -1.95. The predicted molar refractivity (Wildman–Crippen MR) is 51.8 cm³/mol. The van der Waals surface area contributed by atoms with Crippen LogP contribution in [-0.4, -0.2) is 6.29 Å². The number of unbranched alkanes of at least 4 members (excludes halogenated alkanes) is 6. The molecule has 0 aliphatic heterocycles. The van der Waals surface area contributed by atoms with Crippen molar-refractivity contribution in [3.8, 4) is 11.8 Å². The van der Waals surface area contributed by atoms with Crippen molar-refractivity contribution in [3.63, 3.8) is 0 Å². The van der Waals surface area contributed by atoms with Crippen molar-refractivity contribution in [2.75, 3.05) is 0 Å². The molecule has 0 saturated heterocycles. The second kappa shape index (κ2) is 10.2. The first kappa shape index (κ1) is 11.2. The Morgan fingerprint density at radius 3 is 2.42 bits per heavy atom. The third-order valence-electron chi connectivity index (χ3n) is 1.80. The van der Waals surface area contributed by atoms with Gasteiger partial charge in [0.15, 0.2) is 0 Å². The van der Waals surface area contributed by atoms with Gasteiger partial charge in [-0.1, -0.05) is 19.3 Å². The Morgan fingerprint density at radius 2 is 1.75 bits per heavy atom. The van der Waals surface area contributed by atoms with Crippen LogP contribution in [0, 0.1) is 11.8 Å². The summed E-state index contributed by atoms with van der Waals surface area (Å²) in [7, 11) is 0. The molecule has 0 atom stereocenters. The molecular formula is C11H18O. The third kappa shape index (κ3) is 9.23. The molecule has 0 radical (unpaired) electrons. The highest BCUT2D eigenvalue weighted by atomic mass is 16.1. The highest BCUT2D eigenvalue weighted by Crippen LogP contribution is 2.05. The highest BCUT2D eigenvalue weighted by Gasteiger charge is 1.88. The summed E-state index contributed by atoms with van der Waals surface area (Å²) in [6.07, 6.45) is 8.73. The fourth-order valence-corrected chi connectivity index (χ4v) is 1.10. The van der Waals surface area contributed by atoms with Crippen LogP contribution < -0.4 is 0 Å². The second-order valence-corrected chi connectivity index (χ2v) is 2.90. The van der Waals surface area contributed by atoms with Crippen LogP contribution >= 0.6 is 0 Å². The molecule has 0 aliphatic carbocycles. The molecule has 0 saturated carbocycles. The molecule has 0 amide bonds. The monoisotopic (exact) mass is 166 g/mol. The van der Waals surface area contributed by atoms with Crippen LogP contribution in [0.15, 0.2) is 0 Å². The lowest BCUT2D eigenvalue weighted by molar-refractivity contribution is -0.107. The van der Waals surface area contributed by atoms with Crippen molar-refractivity contribution in [1.29, 1.82) is 0 Å². The average Bonchev–Trinajstić information content (AvgIpc) is 2.10. The molecule has 0 aliphatic rings. The molecule has 0 heterocycles. The van der Waals surface area contributed by atoms with Gasteiger partial charge in [0.1, 0.15) is 6.29 Å². The minimum atomic E-state index is 0.731. The van der Waals surface area contributed by atoms with Gasteiger partial charge in [0, 0.05) is 12.8 Å². The summed E-state index contributed by atoms with van der Waals surface area (Å²) < 4.78 is 0. The quantitative estimate of drug-likeness (QED) is 0.323. The van der Waals surface area contributed by atoms with Crippen molar-refractivity contribution in [2.24, 2.45) is 0 Å². The fourth-order valence-electron chi connectivity index (χ4n) is 1.10. The second-order valence-electron chi connectivity index (χ2n) is 2.90. The van der Waals surface area contributed by atoms with E-state index in [0.717, 1.165) is 25.5 Å². The van der Waals surface area contributed by atoms with Crippen molar-refractivity contribution < 1.29 is 4.79 Å². The van der Waals surface area contributed by atoms with Crippen molar-refractivity contribution in [1.82, 2.24) is 0 Å². The van der Waals surface area contributed by atoms with E-state index in [1.54, 1.807) is 0 Å². The van der Waals surface area contributed by atoms with Gasteiger partial charge in [0.25, 0.3) is 0 Å². The first-order valence-electron chi connectivity index (χ1n) is 4.75. The van der Waals surface area contributed by atoms with E-state index < -0.39 is 0 Å². The lowest BCUT2D eigenvalue weighted by Crippen LogP contribution is -1.80. The summed E-state index contributed by atoms with van der Waals surface area (Å²) in [5.74, 6) is 5.93. The number of rotatable bonds is 7. The minimum absolute atomic E-state index is 0.731. The summed E-state index contributed by atoms with van der Waals surface area (Å²) in [6, 6.07) is 0. The van der Waals surface area contributed by atoms with E-state index in [-0.39, 0.29) is 0 Å². The highest BCUT2D eigenvalue weighted by molar-refractivity contribution is 5.48. The molecular weight excluding hydrogens is 148 g/mol. The summed E-state index contributed by atoms with van der Waals surface area (Å²) >= 11 is 0. The summed E-state index contributed by atoms with van der Waals surface area (Å²) in [4.78, 5) is 9.96. The summed E-state index contributed by atoms with van der Waals surface area (Å²) in [5, 5.41) is 0. The number of aldehydes is 1.